The van der Waals surface area contributed by atoms with Crippen LogP contribution in [0.5, 0.6) is 0 Å². The lowest BCUT2D eigenvalue weighted by molar-refractivity contribution is 1.11. The summed E-state index contributed by atoms with van der Waals surface area (Å²) in [6, 6.07) is 41.6. The van der Waals surface area contributed by atoms with Gasteiger partial charge in [0.1, 0.15) is 0 Å². The number of rotatable bonds is 2. The molecule has 0 amide bonds. The van der Waals surface area contributed by atoms with Crippen LogP contribution in [-0.2, 0) is 0 Å². The van der Waals surface area contributed by atoms with Crippen molar-refractivity contribution in [2.45, 2.75) is 6.92 Å². The highest BCUT2D eigenvalue weighted by Crippen LogP contribution is 2.36. The molecule has 0 saturated carbocycles. The van der Waals surface area contributed by atoms with Crippen molar-refractivity contribution in [1.82, 2.24) is 9.13 Å². The molecular weight excluding hydrogens is 400 g/mol. The van der Waals surface area contributed by atoms with Crippen LogP contribution in [0.3, 0.4) is 0 Å². The van der Waals surface area contributed by atoms with E-state index >= 15 is 0 Å². The van der Waals surface area contributed by atoms with E-state index in [4.69, 9.17) is 0 Å². The van der Waals surface area contributed by atoms with Gasteiger partial charge in [0, 0.05) is 27.2 Å². The third-order valence-corrected chi connectivity index (χ3v) is 6.85. The lowest BCUT2D eigenvalue weighted by atomic mass is 10.1. The van der Waals surface area contributed by atoms with Crippen molar-refractivity contribution < 1.29 is 0 Å². The highest BCUT2D eigenvalue weighted by Gasteiger charge is 2.16. The number of benzene rings is 5. The fourth-order valence-corrected chi connectivity index (χ4v) is 5.36. The van der Waals surface area contributed by atoms with Gasteiger partial charge in [-0.2, -0.15) is 0 Å². The molecule has 0 N–H and O–H groups in total. The van der Waals surface area contributed by atoms with Crippen molar-refractivity contribution in [3.63, 3.8) is 0 Å². The maximum atomic E-state index is 2.41. The quantitative estimate of drug-likeness (QED) is 0.266. The second-order valence-corrected chi connectivity index (χ2v) is 8.71. The summed E-state index contributed by atoms with van der Waals surface area (Å²) in [7, 11) is 0. The van der Waals surface area contributed by atoms with Crippen molar-refractivity contribution in [2.75, 3.05) is 0 Å². The lowest BCUT2D eigenvalue weighted by Gasteiger charge is -2.15. The minimum absolute atomic E-state index is 1.18. The molecule has 5 aromatic carbocycles. The zero-order chi connectivity index (χ0) is 21.9. The van der Waals surface area contributed by atoms with Gasteiger partial charge in [-0.25, -0.2) is 0 Å². The van der Waals surface area contributed by atoms with Crippen LogP contribution in [0.15, 0.2) is 115 Å². The SMILES string of the molecule is Cc1ccc(-n2c3ccccc3c3ccccc32)cc1-n1c2ccccc2c2ccccc21. The van der Waals surface area contributed by atoms with Crippen LogP contribution in [0, 0.1) is 6.92 Å². The van der Waals surface area contributed by atoms with Gasteiger partial charge in [0.25, 0.3) is 0 Å². The van der Waals surface area contributed by atoms with Gasteiger partial charge in [-0.05, 0) is 48.9 Å². The molecular formula is C31H22N2. The number of hydrogen-bond acceptors (Lipinski definition) is 0. The number of fused-ring (bicyclic) bond motifs is 6. The Morgan fingerprint density at radius 1 is 0.424 bits per heavy atom. The van der Waals surface area contributed by atoms with E-state index in [0.29, 0.717) is 0 Å². The molecule has 0 bridgehead atoms. The van der Waals surface area contributed by atoms with E-state index in [1.165, 1.54) is 60.5 Å². The fourth-order valence-electron chi connectivity index (χ4n) is 5.36. The summed E-state index contributed by atoms with van der Waals surface area (Å²) in [4.78, 5) is 0. The Balaban J connectivity index is 1.58. The fraction of sp³-hybridized carbons (Fsp3) is 0.0323. The molecule has 0 saturated heterocycles. The van der Waals surface area contributed by atoms with Crippen LogP contribution in [0.25, 0.3) is 55.0 Å². The Bertz CT molecular complexity index is 1720. The van der Waals surface area contributed by atoms with Gasteiger partial charge < -0.3 is 9.13 Å². The minimum atomic E-state index is 1.18. The number of para-hydroxylation sites is 4. The summed E-state index contributed by atoms with van der Waals surface area (Å²) in [5, 5.41) is 5.14. The Hall–Kier alpha value is -4.30. The van der Waals surface area contributed by atoms with Gasteiger partial charge in [-0.15, -0.1) is 0 Å². The van der Waals surface area contributed by atoms with E-state index in [9.17, 15) is 0 Å². The molecule has 2 heteroatoms. The monoisotopic (exact) mass is 422 g/mol. The Labute approximate surface area is 191 Å². The first-order valence-corrected chi connectivity index (χ1v) is 11.4. The van der Waals surface area contributed by atoms with Crippen LogP contribution in [0.1, 0.15) is 5.56 Å². The van der Waals surface area contributed by atoms with Gasteiger partial charge in [0.2, 0.25) is 0 Å². The van der Waals surface area contributed by atoms with Crippen LogP contribution < -0.4 is 0 Å². The van der Waals surface area contributed by atoms with E-state index in [0.717, 1.165) is 0 Å². The second-order valence-electron chi connectivity index (χ2n) is 8.71. The third kappa shape index (κ3) is 2.55. The Morgan fingerprint density at radius 2 is 0.818 bits per heavy atom. The predicted molar refractivity (Wildman–Crippen MR) is 140 cm³/mol. The van der Waals surface area contributed by atoms with Crippen molar-refractivity contribution in [3.05, 3.63) is 121 Å². The molecule has 2 heterocycles. The van der Waals surface area contributed by atoms with E-state index in [1.54, 1.807) is 0 Å². The highest BCUT2D eigenvalue weighted by atomic mass is 15.0. The molecule has 7 aromatic rings. The number of nitrogens with zero attached hydrogens (tertiary/aromatic N) is 2. The van der Waals surface area contributed by atoms with Crippen LogP contribution >= 0.6 is 0 Å². The summed E-state index contributed by atoms with van der Waals surface area (Å²) < 4.78 is 4.80. The highest BCUT2D eigenvalue weighted by molar-refractivity contribution is 6.10. The third-order valence-electron chi connectivity index (χ3n) is 6.85. The zero-order valence-electron chi connectivity index (χ0n) is 18.4. The van der Waals surface area contributed by atoms with E-state index in [-0.39, 0.29) is 0 Å². The predicted octanol–water partition coefficient (Wildman–Crippen LogP) is 8.19. The Kier molecular flexibility index (Phi) is 3.80. The summed E-state index contributed by atoms with van der Waals surface area (Å²) >= 11 is 0. The smallest absolute Gasteiger partial charge is 0.0541 e. The molecule has 156 valence electrons. The first-order chi connectivity index (χ1) is 16.3. The van der Waals surface area contributed by atoms with Gasteiger partial charge in [0.15, 0.2) is 0 Å². The van der Waals surface area contributed by atoms with E-state index < -0.39 is 0 Å². The molecule has 0 spiro atoms. The zero-order valence-corrected chi connectivity index (χ0v) is 18.4. The van der Waals surface area contributed by atoms with Crippen LogP contribution in [0.2, 0.25) is 0 Å². The van der Waals surface area contributed by atoms with Crippen molar-refractivity contribution in [2.24, 2.45) is 0 Å². The topological polar surface area (TPSA) is 9.86 Å². The maximum absolute atomic E-state index is 2.41. The van der Waals surface area contributed by atoms with Gasteiger partial charge in [0.05, 0.1) is 27.8 Å². The molecule has 0 radical (unpaired) electrons. The van der Waals surface area contributed by atoms with E-state index in [2.05, 4.69) is 131 Å². The molecule has 7 rings (SSSR count). The standard InChI is InChI=1S/C31H22N2/c1-21-18-19-22(32-27-14-6-2-10-23(27)24-11-3-7-15-28(24)32)20-31(21)33-29-16-8-4-12-25(29)26-13-5-9-17-30(26)33/h2-20H,1H3. The number of hydrogen-bond donors (Lipinski definition) is 0. The number of aryl methyl sites for hydroxylation is 1. The maximum Gasteiger partial charge on any atom is 0.0541 e. The van der Waals surface area contributed by atoms with E-state index in [1.807, 2.05) is 0 Å². The van der Waals surface area contributed by atoms with Crippen LogP contribution in [-0.4, -0.2) is 9.13 Å². The average molecular weight is 423 g/mol. The summed E-state index contributed by atoms with van der Waals surface area (Å²) in [6.45, 7) is 2.20. The molecule has 0 aliphatic heterocycles. The molecule has 0 atom stereocenters. The summed E-state index contributed by atoms with van der Waals surface area (Å²) in [6.07, 6.45) is 0. The molecule has 0 unspecified atom stereocenters. The normalized spacial score (nSPS) is 11.8. The van der Waals surface area contributed by atoms with Gasteiger partial charge in [-0.3, -0.25) is 0 Å². The van der Waals surface area contributed by atoms with Crippen molar-refractivity contribution in [1.29, 1.82) is 0 Å². The molecule has 0 aliphatic carbocycles. The van der Waals surface area contributed by atoms with Crippen molar-refractivity contribution >= 4 is 43.6 Å². The first kappa shape index (κ1) is 18.3. The second kappa shape index (κ2) is 6.85. The largest absolute Gasteiger partial charge is 0.309 e. The Morgan fingerprint density at radius 3 is 1.27 bits per heavy atom. The molecule has 2 aromatic heterocycles. The first-order valence-electron chi connectivity index (χ1n) is 11.4. The molecule has 0 fully saturated rings. The molecule has 0 aliphatic rings. The van der Waals surface area contributed by atoms with Gasteiger partial charge in [-0.1, -0.05) is 78.9 Å². The van der Waals surface area contributed by atoms with Gasteiger partial charge >= 0.3 is 0 Å². The lowest BCUT2D eigenvalue weighted by Crippen LogP contribution is -2.01. The summed E-state index contributed by atoms with van der Waals surface area (Å²) in [5.41, 5.74) is 8.58. The number of aromatic nitrogens is 2. The molecule has 33 heavy (non-hydrogen) atoms. The average Bonchev–Trinajstić information content (AvgIpc) is 3.38. The summed E-state index contributed by atoms with van der Waals surface area (Å²) in [5.74, 6) is 0. The minimum Gasteiger partial charge on any atom is -0.309 e. The van der Waals surface area contributed by atoms with Crippen LogP contribution in [0.4, 0.5) is 0 Å². The molecule has 2 nitrogen and oxygen atoms in total. The van der Waals surface area contributed by atoms with Crippen molar-refractivity contribution in [3.8, 4) is 11.4 Å².